The highest BCUT2D eigenvalue weighted by atomic mass is 79.9. The summed E-state index contributed by atoms with van der Waals surface area (Å²) in [5.74, 6) is 2.17. The lowest BCUT2D eigenvalue weighted by Crippen LogP contribution is -3.00. The van der Waals surface area contributed by atoms with Crippen LogP contribution in [-0.2, 0) is 18.6 Å². The zero-order valence-electron chi connectivity index (χ0n) is 22.1. The van der Waals surface area contributed by atoms with Crippen molar-refractivity contribution in [1.29, 1.82) is 0 Å². The van der Waals surface area contributed by atoms with Crippen molar-refractivity contribution in [3.63, 3.8) is 0 Å². The number of aliphatic hydroxyl groups is 2. The van der Waals surface area contributed by atoms with Crippen molar-refractivity contribution in [2.24, 2.45) is 5.92 Å². The molecule has 3 aromatic rings. The number of quaternary nitrogens is 1. The van der Waals surface area contributed by atoms with Crippen LogP contribution in [0, 0.1) is 5.92 Å². The second-order valence-corrected chi connectivity index (χ2v) is 10.7. The molecule has 1 aromatic heterocycles. The Morgan fingerprint density at radius 2 is 1.73 bits per heavy atom. The van der Waals surface area contributed by atoms with Crippen molar-refractivity contribution in [2.75, 3.05) is 33.9 Å². The van der Waals surface area contributed by atoms with Gasteiger partial charge in [0.05, 0.1) is 33.4 Å². The van der Waals surface area contributed by atoms with Crippen LogP contribution < -0.4 is 21.7 Å². The highest BCUT2D eigenvalue weighted by Crippen LogP contribution is 2.43. The van der Waals surface area contributed by atoms with Gasteiger partial charge in [0, 0.05) is 18.9 Å². The molecule has 6 nitrogen and oxygen atoms in total. The molecular formula is C30H41BrN2O4. The molecule has 2 aromatic carbocycles. The predicted molar refractivity (Wildman–Crippen MR) is 141 cm³/mol. The molecule has 1 aliphatic rings. The van der Waals surface area contributed by atoms with Crippen LogP contribution in [0.3, 0.4) is 0 Å². The van der Waals surface area contributed by atoms with Crippen molar-refractivity contribution in [2.45, 2.75) is 57.1 Å². The van der Waals surface area contributed by atoms with E-state index in [0.717, 1.165) is 65.8 Å². The fraction of sp³-hybridized carbons (Fsp3) is 0.500. The van der Waals surface area contributed by atoms with Gasteiger partial charge in [0.15, 0.2) is 11.4 Å². The average molecular weight is 574 g/mol. The maximum Gasteiger partial charge on any atom is 0.231 e. The van der Waals surface area contributed by atoms with Gasteiger partial charge >= 0.3 is 0 Å². The zero-order chi connectivity index (χ0) is 25.4. The topological polar surface area (TPSA) is 75.7 Å². The van der Waals surface area contributed by atoms with E-state index >= 15 is 0 Å². The Morgan fingerprint density at radius 1 is 1.03 bits per heavy atom. The molecule has 4 rings (SSSR count). The number of benzene rings is 2. The molecule has 0 saturated heterocycles. The molecule has 202 valence electrons. The number of halogens is 1. The van der Waals surface area contributed by atoms with Gasteiger partial charge in [0.1, 0.15) is 12.3 Å². The lowest BCUT2D eigenvalue weighted by molar-refractivity contribution is -0.904. The molecule has 0 spiro atoms. The predicted octanol–water partition coefficient (Wildman–Crippen LogP) is 2.08. The van der Waals surface area contributed by atoms with Gasteiger partial charge < -0.3 is 40.8 Å². The maximum atomic E-state index is 12.0. The van der Waals surface area contributed by atoms with Gasteiger partial charge in [-0.25, -0.2) is 4.98 Å². The number of aliphatic hydroxyl groups excluding tert-OH is 1. The normalized spacial score (nSPS) is 16.1. The van der Waals surface area contributed by atoms with Crippen molar-refractivity contribution in [3.05, 3.63) is 83.6 Å². The summed E-state index contributed by atoms with van der Waals surface area (Å²) in [6.45, 7) is 2.41. The number of oxazole rings is 1. The van der Waals surface area contributed by atoms with Crippen LogP contribution in [0.15, 0.2) is 65.2 Å². The number of nitrogens with zero attached hydrogens (tertiary/aromatic N) is 2. The Balaban J connectivity index is 0.00000380. The molecule has 1 saturated carbocycles. The first-order valence-corrected chi connectivity index (χ1v) is 13.3. The average Bonchev–Trinajstić information content (AvgIpc) is 3.36. The first kappa shape index (κ1) is 29.4. The van der Waals surface area contributed by atoms with Crippen LogP contribution in [-0.4, -0.2) is 53.5 Å². The van der Waals surface area contributed by atoms with Crippen LogP contribution in [0.2, 0.25) is 0 Å². The number of rotatable bonds is 12. The lowest BCUT2D eigenvalue weighted by Gasteiger charge is -2.36. The van der Waals surface area contributed by atoms with Gasteiger partial charge in [0.2, 0.25) is 5.89 Å². The molecule has 1 fully saturated rings. The summed E-state index contributed by atoms with van der Waals surface area (Å²) in [7, 11) is 4.35. The Labute approximate surface area is 231 Å². The monoisotopic (exact) mass is 572 g/mol. The van der Waals surface area contributed by atoms with E-state index in [1.165, 1.54) is 6.42 Å². The molecule has 0 aliphatic heterocycles. The molecule has 0 amide bonds. The Kier molecular flexibility index (Phi) is 10.8. The van der Waals surface area contributed by atoms with Crippen molar-refractivity contribution in [3.8, 4) is 5.75 Å². The minimum atomic E-state index is -1.20. The quantitative estimate of drug-likeness (QED) is 0.257. The molecule has 37 heavy (non-hydrogen) atoms. The third kappa shape index (κ3) is 7.66. The molecule has 0 radical (unpaired) electrons. The van der Waals surface area contributed by atoms with Crippen LogP contribution in [0.5, 0.6) is 5.75 Å². The van der Waals surface area contributed by atoms with Crippen LogP contribution in [0.25, 0.3) is 0 Å². The van der Waals surface area contributed by atoms with E-state index in [1.807, 2.05) is 54.6 Å². The second kappa shape index (κ2) is 13.6. The van der Waals surface area contributed by atoms with Crippen molar-refractivity contribution in [1.82, 2.24) is 4.98 Å². The Morgan fingerprint density at radius 3 is 2.41 bits per heavy atom. The molecular weight excluding hydrogens is 532 g/mol. The van der Waals surface area contributed by atoms with Crippen molar-refractivity contribution >= 4 is 0 Å². The number of aromatic nitrogens is 1. The van der Waals surface area contributed by atoms with Crippen LogP contribution in [0.1, 0.15) is 61.3 Å². The lowest BCUT2D eigenvalue weighted by atomic mass is 9.73. The van der Waals surface area contributed by atoms with E-state index in [9.17, 15) is 5.11 Å². The summed E-state index contributed by atoms with van der Waals surface area (Å²) in [5, 5.41) is 21.1. The highest BCUT2D eigenvalue weighted by molar-refractivity contribution is 5.30. The number of hydrogen-bond donors (Lipinski definition) is 2. The summed E-state index contributed by atoms with van der Waals surface area (Å²) in [6.07, 6.45) is 8.81. The molecule has 1 atom stereocenters. The van der Waals surface area contributed by atoms with E-state index < -0.39 is 5.60 Å². The van der Waals surface area contributed by atoms with E-state index in [0.29, 0.717) is 25.5 Å². The minimum Gasteiger partial charge on any atom is -1.00 e. The second-order valence-electron chi connectivity index (χ2n) is 10.7. The molecule has 0 bridgehead atoms. The van der Waals surface area contributed by atoms with Gasteiger partial charge in [-0.3, -0.25) is 0 Å². The molecule has 0 unspecified atom stereocenters. The van der Waals surface area contributed by atoms with Gasteiger partial charge in [-0.05, 0) is 42.5 Å². The summed E-state index contributed by atoms with van der Waals surface area (Å²) < 4.78 is 12.9. The fourth-order valence-electron chi connectivity index (χ4n) is 5.37. The van der Waals surface area contributed by atoms with Gasteiger partial charge in [-0.2, -0.15) is 0 Å². The summed E-state index contributed by atoms with van der Waals surface area (Å²) >= 11 is 0. The largest absolute Gasteiger partial charge is 1.00 e. The summed E-state index contributed by atoms with van der Waals surface area (Å²) in [6, 6.07) is 17.8. The van der Waals surface area contributed by atoms with Gasteiger partial charge in [0.25, 0.3) is 0 Å². The van der Waals surface area contributed by atoms with Gasteiger partial charge in [-0.15, -0.1) is 0 Å². The fourth-order valence-corrected chi connectivity index (χ4v) is 5.37. The van der Waals surface area contributed by atoms with E-state index in [2.05, 4.69) is 19.1 Å². The maximum absolute atomic E-state index is 12.0. The highest BCUT2D eigenvalue weighted by Gasteiger charge is 2.44. The first-order chi connectivity index (χ1) is 17.4. The van der Waals surface area contributed by atoms with E-state index in [4.69, 9.17) is 14.3 Å². The third-order valence-corrected chi connectivity index (χ3v) is 7.37. The smallest absolute Gasteiger partial charge is 0.231 e. The SMILES string of the molecule is C[N+](C)(CCCOc1ccc(CCO)cc1)Cc1cnc([C@](O)(c2ccccc2)C2CCCCC2)o1.[Br-]. The third-order valence-electron chi connectivity index (χ3n) is 7.37. The number of hydrogen-bond acceptors (Lipinski definition) is 5. The zero-order valence-corrected chi connectivity index (χ0v) is 23.7. The molecule has 7 heteroatoms. The van der Waals surface area contributed by atoms with Crippen LogP contribution in [0.4, 0.5) is 0 Å². The standard InChI is InChI=1S/C30H41N2O4.BrH/c1-32(2,19-9-21-35-27-16-14-24(15-17-27)18-20-33)23-28-22-31-29(36-28)30(34,25-10-5-3-6-11-25)26-12-7-4-8-13-26;/h3,5-6,10-11,14-17,22,26,33-34H,4,7-9,12-13,18-21,23H2,1-2H3;1H/q+1;/p-1/t30-;/m0./s1. The van der Waals surface area contributed by atoms with E-state index in [1.54, 1.807) is 6.20 Å². The molecule has 1 heterocycles. The summed E-state index contributed by atoms with van der Waals surface area (Å²) in [4.78, 5) is 4.61. The minimum absolute atomic E-state index is 0. The Hall–Kier alpha value is -2.19. The molecule has 2 N–H and O–H groups in total. The number of ether oxygens (including phenoxy) is 1. The molecule has 1 aliphatic carbocycles. The van der Waals surface area contributed by atoms with Crippen molar-refractivity contribution < 1.29 is 40.8 Å². The summed E-state index contributed by atoms with van der Waals surface area (Å²) in [5.41, 5.74) is 0.773. The van der Waals surface area contributed by atoms with Crippen LogP contribution >= 0.6 is 0 Å². The van der Waals surface area contributed by atoms with E-state index in [-0.39, 0.29) is 29.5 Å². The van der Waals surface area contributed by atoms with Gasteiger partial charge in [-0.1, -0.05) is 61.7 Å². The first-order valence-electron chi connectivity index (χ1n) is 13.3. The Bertz CT molecular complexity index is 1060.